The Bertz CT molecular complexity index is 1250. The van der Waals surface area contributed by atoms with E-state index in [1.165, 1.54) is 24.3 Å². The summed E-state index contributed by atoms with van der Waals surface area (Å²) in [6.45, 7) is 1.42. The molecule has 0 aliphatic carbocycles. The van der Waals surface area contributed by atoms with Crippen molar-refractivity contribution >= 4 is 23.0 Å². The number of aromatic nitrogens is 3. The van der Waals surface area contributed by atoms with Crippen LogP contribution in [0.3, 0.4) is 0 Å². The SMILES string of the molecule is O=C(OCc1ccc(OC(F)(F)F)cc1)N1C[C@@H]2CN(C(=O)c3ccc4n[nH]nc4c3F)C[C@H]2C1. The molecule has 1 aromatic heterocycles. The molecular formula is C22H19F4N5O4. The number of rotatable bonds is 4. The summed E-state index contributed by atoms with van der Waals surface area (Å²) in [4.78, 5) is 28.5. The molecule has 2 atom stereocenters. The van der Waals surface area contributed by atoms with E-state index in [2.05, 4.69) is 20.1 Å². The van der Waals surface area contributed by atoms with Gasteiger partial charge >= 0.3 is 12.5 Å². The highest BCUT2D eigenvalue weighted by atomic mass is 19.4. The number of aromatic amines is 1. The van der Waals surface area contributed by atoms with Gasteiger partial charge in [-0.05, 0) is 29.8 Å². The third-order valence-corrected chi connectivity index (χ3v) is 6.21. The predicted octanol–water partition coefficient (Wildman–Crippen LogP) is 3.34. The quantitative estimate of drug-likeness (QED) is 0.560. The first-order chi connectivity index (χ1) is 16.7. The molecule has 9 nitrogen and oxygen atoms in total. The van der Waals surface area contributed by atoms with Crippen molar-refractivity contribution in [1.29, 1.82) is 0 Å². The van der Waals surface area contributed by atoms with Crippen LogP contribution in [0.1, 0.15) is 15.9 Å². The Morgan fingerprint density at radius 3 is 2.29 bits per heavy atom. The summed E-state index contributed by atoms with van der Waals surface area (Å²) in [5.41, 5.74) is 0.771. The molecule has 2 amide bonds. The van der Waals surface area contributed by atoms with Crippen LogP contribution in [0.2, 0.25) is 0 Å². The van der Waals surface area contributed by atoms with Crippen LogP contribution >= 0.6 is 0 Å². The first kappa shape index (κ1) is 22.9. The van der Waals surface area contributed by atoms with Crippen LogP contribution in [-0.4, -0.2) is 69.8 Å². The van der Waals surface area contributed by atoms with Gasteiger partial charge in [-0.3, -0.25) is 4.79 Å². The van der Waals surface area contributed by atoms with Crippen LogP contribution < -0.4 is 4.74 Å². The molecule has 2 aliphatic rings. The van der Waals surface area contributed by atoms with Gasteiger partial charge in [-0.25, -0.2) is 9.18 Å². The number of nitrogens with one attached hydrogen (secondary N) is 1. The van der Waals surface area contributed by atoms with Gasteiger partial charge in [0, 0.05) is 38.0 Å². The van der Waals surface area contributed by atoms with Gasteiger partial charge in [0.05, 0.1) is 5.56 Å². The molecule has 0 bridgehead atoms. The number of carbonyl (C=O) groups excluding carboxylic acids is 2. The summed E-state index contributed by atoms with van der Waals surface area (Å²) in [6, 6.07) is 7.97. The lowest BCUT2D eigenvalue weighted by molar-refractivity contribution is -0.274. The van der Waals surface area contributed by atoms with Crippen molar-refractivity contribution in [3.05, 3.63) is 53.3 Å². The van der Waals surface area contributed by atoms with E-state index in [0.717, 1.165) is 12.1 Å². The molecule has 5 rings (SSSR count). The molecule has 3 aromatic rings. The Hall–Kier alpha value is -3.90. The van der Waals surface area contributed by atoms with Crippen molar-refractivity contribution in [3.63, 3.8) is 0 Å². The number of amides is 2. The van der Waals surface area contributed by atoms with Gasteiger partial charge in [0.15, 0.2) is 5.82 Å². The largest absolute Gasteiger partial charge is 0.573 e. The third kappa shape index (κ3) is 4.70. The maximum absolute atomic E-state index is 14.7. The molecule has 0 spiro atoms. The second-order valence-electron chi connectivity index (χ2n) is 8.50. The van der Waals surface area contributed by atoms with E-state index in [9.17, 15) is 27.2 Å². The summed E-state index contributed by atoms with van der Waals surface area (Å²) >= 11 is 0. The number of ether oxygens (including phenoxy) is 2. The average Bonchev–Trinajstić information content (AvgIpc) is 3.52. The number of likely N-dealkylation sites (tertiary alicyclic amines) is 2. The molecular weight excluding hydrogens is 474 g/mol. The van der Waals surface area contributed by atoms with Gasteiger partial charge in [-0.15, -0.1) is 13.2 Å². The molecule has 0 radical (unpaired) electrons. The van der Waals surface area contributed by atoms with Gasteiger partial charge < -0.3 is 19.3 Å². The Balaban J connectivity index is 1.13. The Morgan fingerprint density at radius 1 is 0.971 bits per heavy atom. The van der Waals surface area contributed by atoms with E-state index in [-0.39, 0.29) is 35.3 Å². The molecule has 184 valence electrons. The van der Waals surface area contributed by atoms with Crippen LogP contribution in [0.15, 0.2) is 36.4 Å². The standard InChI is InChI=1S/C22H19F4N5O4/c23-18-16(5-6-17-19(18)28-29-27-17)20(32)30-7-13-9-31(10-14(13)8-30)21(33)34-11-12-1-3-15(4-2-12)35-22(24,25)26/h1-6,13-14H,7-11H2,(H,27,28,29)/t13-,14-/m0/s1. The lowest BCUT2D eigenvalue weighted by Gasteiger charge is -2.22. The fourth-order valence-electron chi connectivity index (χ4n) is 4.55. The van der Waals surface area contributed by atoms with Crippen molar-refractivity contribution in [3.8, 4) is 5.75 Å². The number of hydrogen-bond donors (Lipinski definition) is 1. The zero-order valence-electron chi connectivity index (χ0n) is 18.1. The molecule has 35 heavy (non-hydrogen) atoms. The first-order valence-electron chi connectivity index (χ1n) is 10.7. The van der Waals surface area contributed by atoms with E-state index in [0.29, 0.717) is 37.3 Å². The lowest BCUT2D eigenvalue weighted by Crippen LogP contribution is -2.36. The molecule has 2 fully saturated rings. The molecule has 2 aromatic carbocycles. The van der Waals surface area contributed by atoms with Crippen molar-refractivity contribution < 1.29 is 36.6 Å². The van der Waals surface area contributed by atoms with E-state index in [4.69, 9.17) is 4.74 Å². The van der Waals surface area contributed by atoms with E-state index < -0.39 is 24.2 Å². The highest BCUT2D eigenvalue weighted by Crippen LogP contribution is 2.33. The van der Waals surface area contributed by atoms with Gasteiger partial charge in [-0.1, -0.05) is 12.1 Å². The van der Waals surface area contributed by atoms with Crippen LogP contribution in [-0.2, 0) is 11.3 Å². The van der Waals surface area contributed by atoms with E-state index in [1.807, 2.05) is 0 Å². The van der Waals surface area contributed by atoms with Gasteiger partial charge in [-0.2, -0.15) is 15.4 Å². The number of hydrogen-bond acceptors (Lipinski definition) is 6. The second-order valence-corrected chi connectivity index (χ2v) is 8.50. The van der Waals surface area contributed by atoms with Crippen molar-refractivity contribution in [2.24, 2.45) is 11.8 Å². The molecule has 3 heterocycles. The molecule has 0 unspecified atom stereocenters. The van der Waals surface area contributed by atoms with Crippen molar-refractivity contribution in [2.45, 2.75) is 13.0 Å². The summed E-state index contributed by atoms with van der Waals surface area (Å²) in [7, 11) is 0. The molecule has 13 heteroatoms. The van der Waals surface area contributed by atoms with Crippen LogP contribution in [0.4, 0.5) is 22.4 Å². The summed E-state index contributed by atoms with van der Waals surface area (Å²) in [6.07, 6.45) is -5.32. The minimum Gasteiger partial charge on any atom is -0.445 e. The number of halogens is 4. The van der Waals surface area contributed by atoms with Gasteiger partial charge in [0.1, 0.15) is 23.4 Å². The van der Waals surface area contributed by atoms with Crippen molar-refractivity contribution in [1.82, 2.24) is 25.2 Å². The van der Waals surface area contributed by atoms with E-state index in [1.54, 1.807) is 9.80 Å². The number of alkyl halides is 3. The smallest absolute Gasteiger partial charge is 0.445 e. The number of carbonyl (C=O) groups is 2. The van der Waals surface area contributed by atoms with Crippen LogP contribution in [0.25, 0.3) is 11.0 Å². The number of nitrogens with zero attached hydrogens (tertiary/aromatic N) is 4. The second kappa shape index (κ2) is 8.71. The Morgan fingerprint density at radius 2 is 1.63 bits per heavy atom. The fraction of sp³-hybridized carbons (Fsp3) is 0.364. The topological polar surface area (TPSA) is 101 Å². The zero-order chi connectivity index (χ0) is 24.7. The maximum atomic E-state index is 14.7. The lowest BCUT2D eigenvalue weighted by atomic mass is 10.0. The number of benzene rings is 2. The van der Waals surface area contributed by atoms with Gasteiger partial charge in [0.2, 0.25) is 0 Å². The normalized spacial score (nSPS) is 19.8. The number of fused-ring (bicyclic) bond motifs is 2. The van der Waals surface area contributed by atoms with Crippen LogP contribution in [0, 0.1) is 17.7 Å². The third-order valence-electron chi connectivity index (χ3n) is 6.21. The highest BCUT2D eigenvalue weighted by molar-refractivity contribution is 5.98. The molecule has 1 N–H and O–H groups in total. The first-order valence-corrected chi connectivity index (χ1v) is 10.7. The minimum atomic E-state index is -4.78. The summed E-state index contributed by atoms with van der Waals surface area (Å²) in [5.74, 6) is -1.46. The fourth-order valence-corrected chi connectivity index (χ4v) is 4.55. The summed E-state index contributed by atoms with van der Waals surface area (Å²) < 4.78 is 60.5. The van der Waals surface area contributed by atoms with Crippen LogP contribution in [0.5, 0.6) is 5.75 Å². The minimum absolute atomic E-state index is 0.00618. The zero-order valence-corrected chi connectivity index (χ0v) is 18.1. The summed E-state index contributed by atoms with van der Waals surface area (Å²) in [5, 5.41) is 9.88. The Labute approximate surface area is 195 Å². The monoisotopic (exact) mass is 493 g/mol. The van der Waals surface area contributed by atoms with Gasteiger partial charge in [0.25, 0.3) is 5.91 Å². The molecule has 0 saturated carbocycles. The Kier molecular flexibility index (Phi) is 5.69. The predicted molar refractivity (Wildman–Crippen MR) is 112 cm³/mol. The average molecular weight is 493 g/mol. The maximum Gasteiger partial charge on any atom is 0.573 e. The van der Waals surface area contributed by atoms with E-state index >= 15 is 0 Å². The van der Waals surface area contributed by atoms with Crippen molar-refractivity contribution in [2.75, 3.05) is 26.2 Å². The molecule has 2 aliphatic heterocycles. The number of H-pyrrole nitrogens is 1. The highest BCUT2D eigenvalue weighted by Gasteiger charge is 2.44. The molecule has 2 saturated heterocycles.